The van der Waals surface area contributed by atoms with E-state index >= 15 is 0 Å². The molecule has 0 aromatic rings. The molecule has 3 aliphatic carbocycles. The second-order valence-electron chi connectivity index (χ2n) is 6.03. The standard InChI is InChI=1S/C14H23BrO/c15-12-10-13(14(12)8-4-5-9-14)16-11-6-2-1-3-7-11/h11-13H,1-10H2. The summed E-state index contributed by atoms with van der Waals surface area (Å²) in [6, 6.07) is 0. The predicted molar refractivity (Wildman–Crippen MR) is 70.0 cm³/mol. The van der Waals surface area contributed by atoms with Crippen molar-refractivity contribution in [3.05, 3.63) is 0 Å². The zero-order valence-electron chi connectivity index (χ0n) is 10.1. The fraction of sp³-hybridized carbons (Fsp3) is 1.00. The number of ether oxygens (including phenoxy) is 1. The first-order valence-electron chi connectivity index (χ1n) is 7.11. The molecule has 0 radical (unpaired) electrons. The van der Waals surface area contributed by atoms with E-state index in [0.717, 1.165) is 4.83 Å². The lowest BCUT2D eigenvalue weighted by Crippen LogP contribution is -2.55. The van der Waals surface area contributed by atoms with Gasteiger partial charge in [0.05, 0.1) is 12.2 Å². The molecule has 3 aliphatic rings. The summed E-state index contributed by atoms with van der Waals surface area (Å²) in [6.07, 6.45) is 14.9. The molecule has 92 valence electrons. The second kappa shape index (κ2) is 4.61. The molecule has 0 aliphatic heterocycles. The molecule has 0 saturated heterocycles. The molecule has 16 heavy (non-hydrogen) atoms. The number of alkyl halides is 1. The number of rotatable bonds is 2. The third-order valence-electron chi connectivity index (χ3n) is 5.13. The highest BCUT2D eigenvalue weighted by Crippen LogP contribution is 2.58. The zero-order valence-corrected chi connectivity index (χ0v) is 11.7. The van der Waals surface area contributed by atoms with E-state index < -0.39 is 0 Å². The number of hydrogen-bond donors (Lipinski definition) is 0. The first kappa shape index (κ1) is 11.5. The monoisotopic (exact) mass is 286 g/mol. The molecule has 3 saturated carbocycles. The highest BCUT2D eigenvalue weighted by atomic mass is 79.9. The summed E-state index contributed by atoms with van der Waals surface area (Å²) in [5.74, 6) is 0. The maximum Gasteiger partial charge on any atom is 0.0656 e. The minimum atomic E-state index is 0.539. The molecule has 2 heteroatoms. The van der Waals surface area contributed by atoms with E-state index in [1.807, 2.05) is 0 Å². The summed E-state index contributed by atoms with van der Waals surface area (Å²) < 4.78 is 6.41. The lowest BCUT2D eigenvalue weighted by molar-refractivity contribution is -0.141. The minimum absolute atomic E-state index is 0.539. The molecule has 2 unspecified atom stereocenters. The van der Waals surface area contributed by atoms with Crippen molar-refractivity contribution in [1.82, 2.24) is 0 Å². The van der Waals surface area contributed by atoms with Crippen LogP contribution in [0, 0.1) is 5.41 Å². The van der Waals surface area contributed by atoms with Gasteiger partial charge >= 0.3 is 0 Å². The van der Waals surface area contributed by atoms with Gasteiger partial charge in [-0.2, -0.15) is 0 Å². The molecule has 3 rings (SSSR count). The van der Waals surface area contributed by atoms with E-state index in [1.165, 1.54) is 64.2 Å². The molecule has 3 fully saturated rings. The third-order valence-corrected chi connectivity index (χ3v) is 6.42. The fourth-order valence-corrected chi connectivity index (χ4v) is 5.08. The molecule has 0 bridgehead atoms. The van der Waals surface area contributed by atoms with Gasteiger partial charge < -0.3 is 4.74 Å². The Balaban J connectivity index is 1.58. The Labute approximate surface area is 107 Å². The van der Waals surface area contributed by atoms with Gasteiger partial charge in [-0.15, -0.1) is 0 Å². The van der Waals surface area contributed by atoms with Crippen LogP contribution in [0.4, 0.5) is 0 Å². The Morgan fingerprint density at radius 1 is 0.938 bits per heavy atom. The van der Waals surface area contributed by atoms with Gasteiger partial charge in [0.2, 0.25) is 0 Å². The normalized spacial score (nSPS) is 38.8. The van der Waals surface area contributed by atoms with E-state index in [9.17, 15) is 0 Å². The third kappa shape index (κ3) is 1.86. The van der Waals surface area contributed by atoms with Gasteiger partial charge in [-0.05, 0) is 32.1 Å². The molecular weight excluding hydrogens is 264 g/mol. The summed E-state index contributed by atoms with van der Waals surface area (Å²) in [6.45, 7) is 0. The van der Waals surface area contributed by atoms with Gasteiger partial charge in [0.1, 0.15) is 0 Å². The average molecular weight is 287 g/mol. The van der Waals surface area contributed by atoms with Crippen LogP contribution in [0.1, 0.15) is 64.2 Å². The molecule has 1 spiro atoms. The fourth-order valence-electron chi connectivity index (χ4n) is 3.99. The van der Waals surface area contributed by atoms with Crippen LogP contribution in [0.2, 0.25) is 0 Å². The Morgan fingerprint density at radius 3 is 2.25 bits per heavy atom. The van der Waals surface area contributed by atoms with Crippen LogP contribution in [-0.2, 0) is 4.74 Å². The Morgan fingerprint density at radius 2 is 1.62 bits per heavy atom. The van der Waals surface area contributed by atoms with Gasteiger partial charge in [-0.1, -0.05) is 48.0 Å². The van der Waals surface area contributed by atoms with Crippen molar-refractivity contribution < 1.29 is 4.74 Å². The molecule has 0 amide bonds. The second-order valence-corrected chi connectivity index (χ2v) is 7.13. The van der Waals surface area contributed by atoms with Crippen LogP contribution >= 0.6 is 15.9 Å². The maximum absolute atomic E-state index is 6.41. The molecule has 1 nitrogen and oxygen atoms in total. The van der Waals surface area contributed by atoms with Crippen LogP contribution in [0.3, 0.4) is 0 Å². The van der Waals surface area contributed by atoms with Crippen LogP contribution in [0.15, 0.2) is 0 Å². The highest BCUT2D eigenvalue weighted by Gasteiger charge is 2.56. The van der Waals surface area contributed by atoms with Crippen molar-refractivity contribution in [3.8, 4) is 0 Å². The van der Waals surface area contributed by atoms with E-state index in [1.54, 1.807) is 0 Å². The van der Waals surface area contributed by atoms with Crippen molar-refractivity contribution in [1.29, 1.82) is 0 Å². The summed E-state index contributed by atoms with van der Waals surface area (Å²) in [4.78, 5) is 0.746. The van der Waals surface area contributed by atoms with Gasteiger partial charge in [-0.3, -0.25) is 0 Å². The topological polar surface area (TPSA) is 9.23 Å². The van der Waals surface area contributed by atoms with Gasteiger partial charge in [0.15, 0.2) is 0 Å². The largest absolute Gasteiger partial charge is 0.374 e. The number of hydrogen-bond acceptors (Lipinski definition) is 1. The van der Waals surface area contributed by atoms with E-state index in [4.69, 9.17) is 4.74 Å². The molecule has 0 aromatic carbocycles. The Bertz CT molecular complexity index is 241. The van der Waals surface area contributed by atoms with E-state index in [-0.39, 0.29) is 0 Å². The van der Waals surface area contributed by atoms with Gasteiger partial charge in [-0.25, -0.2) is 0 Å². The molecule has 0 heterocycles. The molecule has 0 aromatic heterocycles. The highest BCUT2D eigenvalue weighted by molar-refractivity contribution is 9.09. The Kier molecular flexibility index (Phi) is 3.32. The minimum Gasteiger partial charge on any atom is -0.374 e. The molecular formula is C14H23BrO. The molecule has 2 atom stereocenters. The first-order chi connectivity index (χ1) is 7.81. The van der Waals surface area contributed by atoms with Crippen molar-refractivity contribution in [2.24, 2.45) is 5.41 Å². The Hall–Kier alpha value is 0.440. The lowest BCUT2D eigenvalue weighted by Gasteiger charge is -2.52. The number of halogens is 1. The van der Waals surface area contributed by atoms with Crippen LogP contribution in [-0.4, -0.2) is 17.0 Å². The van der Waals surface area contributed by atoms with Crippen molar-refractivity contribution in [3.63, 3.8) is 0 Å². The maximum atomic E-state index is 6.41. The smallest absolute Gasteiger partial charge is 0.0656 e. The average Bonchev–Trinajstić information content (AvgIpc) is 2.82. The van der Waals surface area contributed by atoms with E-state index in [0.29, 0.717) is 17.6 Å². The quantitative estimate of drug-likeness (QED) is 0.683. The summed E-state index contributed by atoms with van der Waals surface area (Å²) in [5, 5.41) is 0. The SMILES string of the molecule is BrC1CC(OC2CCCCC2)C12CCCC2. The van der Waals surface area contributed by atoms with E-state index in [2.05, 4.69) is 15.9 Å². The van der Waals surface area contributed by atoms with Crippen molar-refractivity contribution in [2.45, 2.75) is 81.2 Å². The van der Waals surface area contributed by atoms with Gasteiger partial charge in [0, 0.05) is 10.2 Å². The lowest BCUT2D eigenvalue weighted by atomic mass is 9.64. The van der Waals surface area contributed by atoms with Crippen molar-refractivity contribution in [2.75, 3.05) is 0 Å². The predicted octanol–water partition coefficient (Wildman–Crippen LogP) is 4.43. The summed E-state index contributed by atoms with van der Waals surface area (Å²) in [7, 11) is 0. The zero-order chi connectivity index (χ0) is 11.0. The van der Waals surface area contributed by atoms with Crippen LogP contribution in [0.5, 0.6) is 0 Å². The summed E-state index contributed by atoms with van der Waals surface area (Å²) >= 11 is 3.87. The van der Waals surface area contributed by atoms with Crippen LogP contribution in [0.25, 0.3) is 0 Å². The van der Waals surface area contributed by atoms with Crippen LogP contribution < -0.4 is 0 Å². The first-order valence-corrected chi connectivity index (χ1v) is 8.02. The van der Waals surface area contributed by atoms with Gasteiger partial charge in [0.25, 0.3) is 0 Å². The molecule has 0 N–H and O–H groups in total. The van der Waals surface area contributed by atoms with Crippen molar-refractivity contribution >= 4 is 15.9 Å². The summed E-state index contributed by atoms with van der Waals surface area (Å²) in [5.41, 5.74) is 0.539.